The first-order valence-corrected chi connectivity index (χ1v) is 8.42. The van der Waals surface area contributed by atoms with Gasteiger partial charge in [0, 0.05) is 22.6 Å². The molecule has 3 aromatic rings. The molecule has 0 aliphatic heterocycles. The molecule has 0 aliphatic carbocycles. The fourth-order valence-corrected chi connectivity index (χ4v) is 2.68. The summed E-state index contributed by atoms with van der Waals surface area (Å²) in [5.74, 6) is -1.47. The fraction of sp³-hybridized carbons (Fsp3) is 0.0909. The summed E-state index contributed by atoms with van der Waals surface area (Å²) in [6, 6.07) is 26.9. The Morgan fingerprint density at radius 2 is 1.19 bits per heavy atom. The van der Waals surface area contributed by atoms with E-state index in [1.807, 2.05) is 72.8 Å². The zero-order valence-corrected chi connectivity index (χ0v) is 14.5. The summed E-state index contributed by atoms with van der Waals surface area (Å²) in [4.78, 5) is 25.8. The van der Waals surface area contributed by atoms with Crippen molar-refractivity contribution in [2.75, 3.05) is 11.5 Å². The first kappa shape index (κ1) is 17.4. The Kier molecular flexibility index (Phi) is 5.44. The average Bonchev–Trinajstić information content (AvgIpc) is 2.70. The second-order valence-electron chi connectivity index (χ2n) is 5.60. The molecule has 0 saturated heterocycles. The zero-order valence-electron chi connectivity index (χ0n) is 14.5. The number of ether oxygens (including phenoxy) is 1. The van der Waals surface area contributed by atoms with Crippen molar-refractivity contribution in [2.24, 2.45) is 0 Å². The predicted molar refractivity (Wildman–Crippen MR) is 102 cm³/mol. The van der Waals surface area contributed by atoms with Crippen LogP contribution in [0.5, 0.6) is 0 Å². The summed E-state index contributed by atoms with van der Waals surface area (Å²) in [6.45, 7) is 1.85. The molecule has 26 heavy (non-hydrogen) atoms. The van der Waals surface area contributed by atoms with Crippen LogP contribution in [0.15, 0.2) is 84.9 Å². The molecule has 0 spiro atoms. The van der Waals surface area contributed by atoms with Crippen LogP contribution in [-0.4, -0.2) is 18.4 Å². The van der Waals surface area contributed by atoms with Gasteiger partial charge in [0.15, 0.2) is 0 Å². The highest BCUT2D eigenvalue weighted by atomic mass is 16.5. The summed E-state index contributed by atoms with van der Waals surface area (Å²) in [7, 11) is 0. The van der Waals surface area contributed by atoms with Crippen molar-refractivity contribution in [3.8, 4) is 0 Å². The normalized spacial score (nSPS) is 10.2. The molecule has 0 amide bonds. The van der Waals surface area contributed by atoms with Gasteiger partial charge in [-0.2, -0.15) is 0 Å². The molecule has 3 aromatic carbocycles. The van der Waals surface area contributed by atoms with Gasteiger partial charge in [-0.25, -0.2) is 4.79 Å². The molecule has 130 valence electrons. The lowest BCUT2D eigenvalue weighted by Crippen LogP contribution is -2.17. The highest BCUT2D eigenvalue weighted by molar-refractivity contribution is 6.40. The smallest absolute Gasteiger partial charge is 0.379 e. The number of nitrogens with zero attached hydrogens (tertiary/aromatic N) is 1. The van der Waals surface area contributed by atoms with Crippen molar-refractivity contribution in [1.29, 1.82) is 0 Å². The van der Waals surface area contributed by atoms with Gasteiger partial charge in [-0.05, 0) is 55.5 Å². The molecule has 0 radical (unpaired) electrons. The molecule has 0 aromatic heterocycles. The highest BCUT2D eigenvalue weighted by Gasteiger charge is 2.18. The van der Waals surface area contributed by atoms with Crippen molar-refractivity contribution in [2.45, 2.75) is 6.92 Å². The molecule has 0 saturated carbocycles. The maximum atomic E-state index is 12.1. The lowest BCUT2D eigenvalue weighted by molar-refractivity contribution is -0.137. The number of hydrogen-bond acceptors (Lipinski definition) is 4. The Morgan fingerprint density at radius 1 is 0.731 bits per heavy atom. The van der Waals surface area contributed by atoms with Crippen molar-refractivity contribution in [3.05, 3.63) is 90.5 Å². The van der Waals surface area contributed by atoms with Crippen LogP contribution in [-0.2, 0) is 9.53 Å². The number of ketones is 1. The SMILES string of the molecule is CCOC(=O)C(=O)c1ccc(N(c2ccccc2)c2ccccc2)cc1. The number of benzene rings is 3. The van der Waals surface area contributed by atoms with Crippen LogP contribution >= 0.6 is 0 Å². The van der Waals surface area contributed by atoms with E-state index in [-0.39, 0.29) is 6.61 Å². The van der Waals surface area contributed by atoms with Gasteiger partial charge in [0.25, 0.3) is 5.78 Å². The van der Waals surface area contributed by atoms with Gasteiger partial charge in [0.1, 0.15) is 0 Å². The van der Waals surface area contributed by atoms with Gasteiger partial charge in [-0.1, -0.05) is 36.4 Å². The van der Waals surface area contributed by atoms with Crippen molar-refractivity contribution in [3.63, 3.8) is 0 Å². The molecule has 0 aliphatic rings. The number of rotatable bonds is 6. The van der Waals surface area contributed by atoms with E-state index in [0.717, 1.165) is 17.1 Å². The second-order valence-corrected chi connectivity index (χ2v) is 5.60. The maximum absolute atomic E-state index is 12.1. The molecule has 3 rings (SSSR count). The molecule has 4 heteroatoms. The third-order valence-corrected chi connectivity index (χ3v) is 3.88. The van der Waals surface area contributed by atoms with E-state index < -0.39 is 11.8 Å². The topological polar surface area (TPSA) is 46.6 Å². The lowest BCUT2D eigenvalue weighted by Gasteiger charge is -2.25. The third kappa shape index (κ3) is 3.81. The highest BCUT2D eigenvalue weighted by Crippen LogP contribution is 2.34. The van der Waals surface area contributed by atoms with E-state index in [2.05, 4.69) is 4.90 Å². The van der Waals surface area contributed by atoms with Crippen molar-refractivity contribution < 1.29 is 14.3 Å². The second kappa shape index (κ2) is 8.12. The summed E-state index contributed by atoms with van der Waals surface area (Å²) in [5, 5.41) is 0. The number of carbonyl (C=O) groups is 2. The minimum Gasteiger partial charge on any atom is -0.460 e. The number of esters is 1. The maximum Gasteiger partial charge on any atom is 0.379 e. The van der Waals surface area contributed by atoms with Gasteiger partial charge < -0.3 is 9.64 Å². The molecule has 0 atom stereocenters. The van der Waals surface area contributed by atoms with Crippen LogP contribution in [0.25, 0.3) is 0 Å². The largest absolute Gasteiger partial charge is 0.460 e. The van der Waals surface area contributed by atoms with Crippen LogP contribution in [0, 0.1) is 0 Å². The van der Waals surface area contributed by atoms with Gasteiger partial charge in [-0.15, -0.1) is 0 Å². The van der Waals surface area contributed by atoms with Crippen molar-refractivity contribution in [1.82, 2.24) is 0 Å². The number of para-hydroxylation sites is 2. The third-order valence-electron chi connectivity index (χ3n) is 3.88. The van der Waals surface area contributed by atoms with Crippen molar-refractivity contribution >= 4 is 28.8 Å². The Labute approximate surface area is 152 Å². The molecular formula is C22H19NO3. The molecule has 0 N–H and O–H groups in total. The van der Waals surface area contributed by atoms with Gasteiger partial charge >= 0.3 is 5.97 Å². The molecule has 0 unspecified atom stereocenters. The summed E-state index contributed by atoms with van der Waals surface area (Å²) in [6.07, 6.45) is 0. The lowest BCUT2D eigenvalue weighted by atomic mass is 10.1. The monoisotopic (exact) mass is 345 g/mol. The van der Waals surface area contributed by atoms with Crippen LogP contribution < -0.4 is 4.90 Å². The Hall–Kier alpha value is -3.40. The number of hydrogen-bond donors (Lipinski definition) is 0. The minimum absolute atomic E-state index is 0.179. The van der Waals surface area contributed by atoms with Gasteiger partial charge in [0.2, 0.25) is 0 Å². The summed E-state index contributed by atoms with van der Waals surface area (Å²) < 4.78 is 4.78. The molecular weight excluding hydrogens is 326 g/mol. The van der Waals surface area contributed by atoms with E-state index in [4.69, 9.17) is 4.74 Å². The number of carbonyl (C=O) groups excluding carboxylic acids is 2. The van der Waals surface area contributed by atoms with E-state index in [9.17, 15) is 9.59 Å². The van der Waals surface area contributed by atoms with Gasteiger partial charge in [0.05, 0.1) is 6.61 Å². The summed E-state index contributed by atoms with van der Waals surface area (Å²) >= 11 is 0. The average molecular weight is 345 g/mol. The fourth-order valence-electron chi connectivity index (χ4n) is 2.68. The summed E-state index contributed by atoms with van der Waals surface area (Å²) in [5.41, 5.74) is 3.21. The molecule has 4 nitrogen and oxygen atoms in total. The van der Waals surface area contributed by atoms with E-state index in [1.165, 1.54) is 0 Å². The van der Waals surface area contributed by atoms with Crippen LogP contribution in [0.2, 0.25) is 0 Å². The van der Waals surface area contributed by atoms with Crippen LogP contribution in [0.3, 0.4) is 0 Å². The Balaban J connectivity index is 1.96. The first-order valence-electron chi connectivity index (χ1n) is 8.42. The zero-order chi connectivity index (χ0) is 18.4. The van der Waals surface area contributed by atoms with E-state index >= 15 is 0 Å². The minimum atomic E-state index is -0.830. The standard InChI is InChI=1S/C22H19NO3/c1-2-26-22(25)21(24)17-13-15-20(16-14-17)23(18-9-5-3-6-10-18)19-11-7-4-8-12-19/h3-16H,2H2,1H3. The Bertz CT molecular complexity index is 835. The first-order chi connectivity index (χ1) is 12.7. The molecule has 0 fully saturated rings. The van der Waals surface area contributed by atoms with Crippen LogP contribution in [0.4, 0.5) is 17.1 Å². The number of Topliss-reactive ketones (excluding diaryl/α,β-unsaturated/α-hetero) is 1. The Morgan fingerprint density at radius 3 is 1.65 bits per heavy atom. The quantitative estimate of drug-likeness (QED) is 0.362. The van der Waals surface area contributed by atoms with E-state index in [0.29, 0.717) is 5.56 Å². The van der Waals surface area contributed by atoms with E-state index in [1.54, 1.807) is 19.1 Å². The molecule has 0 heterocycles. The predicted octanol–water partition coefficient (Wildman–Crippen LogP) is 4.90. The number of anilines is 3. The van der Waals surface area contributed by atoms with Gasteiger partial charge in [-0.3, -0.25) is 4.79 Å². The van der Waals surface area contributed by atoms with Crippen LogP contribution in [0.1, 0.15) is 17.3 Å². The molecule has 0 bridgehead atoms.